The van der Waals surface area contributed by atoms with E-state index in [0.29, 0.717) is 17.8 Å². The van der Waals surface area contributed by atoms with Crippen molar-refractivity contribution in [1.29, 1.82) is 0 Å². The third-order valence-electron chi connectivity index (χ3n) is 5.37. The van der Waals surface area contributed by atoms with Crippen LogP contribution in [0.3, 0.4) is 0 Å². The van der Waals surface area contributed by atoms with Crippen LogP contribution in [0, 0.1) is 17.0 Å². The summed E-state index contributed by atoms with van der Waals surface area (Å²) in [5, 5.41) is 13.8. The van der Waals surface area contributed by atoms with Crippen molar-refractivity contribution < 1.29 is 14.5 Å². The Labute approximate surface area is 168 Å². The zero-order valence-corrected chi connectivity index (χ0v) is 16.9. The molecule has 3 rings (SSSR count). The number of hydrogen-bond donors (Lipinski definition) is 1. The van der Waals surface area contributed by atoms with Gasteiger partial charge in [-0.15, -0.1) is 0 Å². The van der Waals surface area contributed by atoms with Crippen molar-refractivity contribution in [3.8, 4) is 0 Å². The highest BCUT2D eigenvalue weighted by molar-refractivity contribution is 7.99. The van der Waals surface area contributed by atoms with Crippen molar-refractivity contribution in [3.05, 3.63) is 33.9 Å². The van der Waals surface area contributed by atoms with Gasteiger partial charge in [0, 0.05) is 43.6 Å². The molecule has 1 N–H and O–H groups in total. The van der Waals surface area contributed by atoms with E-state index in [-0.39, 0.29) is 30.0 Å². The Hall–Kier alpha value is -2.13. The lowest BCUT2D eigenvalue weighted by atomic mass is 10.1. The smallest absolute Gasteiger partial charge is 0.274 e. The van der Waals surface area contributed by atoms with Gasteiger partial charge in [-0.25, -0.2) is 0 Å². The molecule has 2 amide bonds. The van der Waals surface area contributed by atoms with Crippen LogP contribution < -0.4 is 5.32 Å². The largest absolute Gasteiger partial charge is 0.340 e. The molecular formula is C19H26N4O4S. The number of likely N-dealkylation sites (tertiary alicyclic amines) is 1. The Bertz CT molecular complexity index is 751. The molecule has 2 aliphatic heterocycles. The molecule has 2 fully saturated rings. The summed E-state index contributed by atoms with van der Waals surface area (Å²) in [4.78, 5) is 39.8. The molecule has 2 aliphatic rings. The van der Waals surface area contributed by atoms with Crippen LogP contribution in [0.1, 0.15) is 24.8 Å². The maximum absolute atomic E-state index is 12.8. The molecule has 2 heterocycles. The topological polar surface area (TPSA) is 95.8 Å². The van der Waals surface area contributed by atoms with Crippen molar-refractivity contribution in [3.63, 3.8) is 0 Å². The molecule has 152 valence electrons. The van der Waals surface area contributed by atoms with Gasteiger partial charge in [0.25, 0.3) is 5.69 Å². The summed E-state index contributed by atoms with van der Waals surface area (Å²) in [6.45, 7) is 4.57. The van der Waals surface area contributed by atoms with Crippen LogP contribution in [0.15, 0.2) is 18.2 Å². The number of anilines is 1. The highest BCUT2D eigenvalue weighted by Gasteiger charge is 2.34. The fourth-order valence-electron chi connectivity index (χ4n) is 3.78. The summed E-state index contributed by atoms with van der Waals surface area (Å²) in [7, 11) is 0. The Balaban J connectivity index is 1.54. The Morgan fingerprint density at radius 1 is 1.29 bits per heavy atom. The van der Waals surface area contributed by atoms with E-state index in [1.165, 1.54) is 6.07 Å². The molecular weight excluding hydrogens is 380 g/mol. The molecule has 0 radical (unpaired) electrons. The second kappa shape index (κ2) is 9.38. The molecule has 0 bridgehead atoms. The van der Waals surface area contributed by atoms with Crippen LogP contribution in [0.4, 0.5) is 11.4 Å². The molecule has 1 atom stereocenters. The van der Waals surface area contributed by atoms with Gasteiger partial charge in [0.15, 0.2) is 0 Å². The van der Waals surface area contributed by atoms with E-state index in [9.17, 15) is 19.7 Å². The average Bonchev–Trinajstić information content (AvgIpc) is 3.16. The van der Waals surface area contributed by atoms with Crippen molar-refractivity contribution in [2.75, 3.05) is 43.0 Å². The van der Waals surface area contributed by atoms with E-state index in [4.69, 9.17) is 0 Å². The lowest BCUT2D eigenvalue weighted by Gasteiger charge is -2.32. The first kappa shape index (κ1) is 20.6. The molecule has 1 aromatic rings. The number of carbonyl (C=O) groups is 2. The maximum Gasteiger partial charge on any atom is 0.274 e. The lowest BCUT2D eigenvalue weighted by Crippen LogP contribution is -2.48. The average molecular weight is 407 g/mol. The second-order valence-corrected chi connectivity index (χ2v) is 8.36. The third kappa shape index (κ3) is 4.82. The molecule has 0 saturated carbocycles. The highest BCUT2D eigenvalue weighted by Crippen LogP contribution is 2.25. The minimum Gasteiger partial charge on any atom is -0.340 e. The molecule has 28 heavy (non-hydrogen) atoms. The van der Waals surface area contributed by atoms with Crippen LogP contribution in [-0.2, 0) is 9.59 Å². The van der Waals surface area contributed by atoms with Gasteiger partial charge in [0.1, 0.15) is 0 Å². The first-order chi connectivity index (χ1) is 13.5. The number of benzene rings is 1. The van der Waals surface area contributed by atoms with E-state index < -0.39 is 4.92 Å². The summed E-state index contributed by atoms with van der Waals surface area (Å²) in [6.07, 6.45) is 2.06. The fraction of sp³-hybridized carbons (Fsp3) is 0.579. The predicted molar refractivity (Wildman–Crippen MR) is 110 cm³/mol. The van der Waals surface area contributed by atoms with Crippen LogP contribution >= 0.6 is 11.8 Å². The van der Waals surface area contributed by atoms with Gasteiger partial charge in [-0.1, -0.05) is 6.07 Å². The van der Waals surface area contributed by atoms with Gasteiger partial charge in [-0.05, 0) is 32.4 Å². The molecule has 8 nitrogen and oxygen atoms in total. The van der Waals surface area contributed by atoms with Crippen molar-refractivity contribution >= 4 is 35.0 Å². The number of amides is 2. The molecule has 1 unspecified atom stereocenters. The van der Waals surface area contributed by atoms with Crippen LogP contribution in [0.5, 0.6) is 0 Å². The molecule has 2 saturated heterocycles. The lowest BCUT2D eigenvalue weighted by molar-refractivity contribution is -0.385. The first-order valence-corrected chi connectivity index (χ1v) is 10.8. The SMILES string of the molecule is Cc1c(NC(=O)CCN2CCCC2C(=O)N2CCSCC2)cccc1[N+](=O)[O-]. The molecule has 0 aliphatic carbocycles. The number of carbonyl (C=O) groups excluding carboxylic acids is 2. The number of rotatable bonds is 6. The normalized spacial score (nSPS) is 20.2. The monoisotopic (exact) mass is 406 g/mol. The molecule has 9 heteroatoms. The fourth-order valence-corrected chi connectivity index (χ4v) is 4.69. The van der Waals surface area contributed by atoms with Gasteiger partial charge in [-0.3, -0.25) is 24.6 Å². The quantitative estimate of drug-likeness (QED) is 0.575. The summed E-state index contributed by atoms with van der Waals surface area (Å²) >= 11 is 1.88. The Morgan fingerprint density at radius 2 is 2.04 bits per heavy atom. The van der Waals surface area contributed by atoms with Crippen LogP contribution in [-0.4, -0.2) is 70.3 Å². The van der Waals surface area contributed by atoms with Crippen molar-refractivity contribution in [2.24, 2.45) is 0 Å². The van der Waals surface area contributed by atoms with Gasteiger partial charge in [0.2, 0.25) is 11.8 Å². The summed E-state index contributed by atoms with van der Waals surface area (Å²) in [5.74, 6) is 1.97. The van der Waals surface area contributed by atoms with E-state index >= 15 is 0 Å². The first-order valence-electron chi connectivity index (χ1n) is 9.62. The van der Waals surface area contributed by atoms with Crippen LogP contribution in [0.2, 0.25) is 0 Å². The predicted octanol–water partition coefficient (Wildman–Crippen LogP) is 2.27. The number of thioether (sulfide) groups is 1. The number of nitro benzene ring substituents is 1. The van der Waals surface area contributed by atoms with Gasteiger partial charge in [-0.2, -0.15) is 11.8 Å². The number of nitrogens with one attached hydrogen (secondary N) is 1. The van der Waals surface area contributed by atoms with E-state index in [1.54, 1.807) is 19.1 Å². The van der Waals surface area contributed by atoms with Crippen molar-refractivity contribution in [2.45, 2.75) is 32.2 Å². The third-order valence-corrected chi connectivity index (χ3v) is 6.32. The molecule has 0 spiro atoms. The molecule has 1 aromatic carbocycles. The van der Waals surface area contributed by atoms with Gasteiger partial charge < -0.3 is 10.2 Å². The summed E-state index contributed by atoms with van der Waals surface area (Å²) < 4.78 is 0. The van der Waals surface area contributed by atoms with E-state index in [2.05, 4.69) is 10.2 Å². The van der Waals surface area contributed by atoms with Gasteiger partial charge in [0.05, 0.1) is 22.2 Å². The van der Waals surface area contributed by atoms with Gasteiger partial charge >= 0.3 is 0 Å². The maximum atomic E-state index is 12.8. The summed E-state index contributed by atoms with van der Waals surface area (Å²) in [5.41, 5.74) is 0.889. The zero-order valence-electron chi connectivity index (χ0n) is 16.1. The zero-order chi connectivity index (χ0) is 20.1. The molecule has 0 aromatic heterocycles. The number of hydrogen-bond acceptors (Lipinski definition) is 6. The Morgan fingerprint density at radius 3 is 2.75 bits per heavy atom. The van der Waals surface area contributed by atoms with E-state index in [0.717, 1.165) is 44.0 Å². The summed E-state index contributed by atoms with van der Waals surface area (Å²) in [6, 6.07) is 4.52. The highest BCUT2D eigenvalue weighted by atomic mass is 32.2. The standard InChI is InChI=1S/C19H26N4O4S/c1-14-15(4-2-5-16(14)23(26)27)20-18(24)7-9-21-8-3-6-17(21)19(25)22-10-12-28-13-11-22/h2,4-5,17H,3,6-13H2,1H3,(H,20,24). The van der Waals surface area contributed by atoms with Crippen LogP contribution in [0.25, 0.3) is 0 Å². The second-order valence-electron chi connectivity index (χ2n) is 7.14. The number of nitro groups is 1. The Kier molecular flexibility index (Phi) is 6.90. The van der Waals surface area contributed by atoms with Crippen molar-refractivity contribution in [1.82, 2.24) is 9.80 Å². The van der Waals surface area contributed by atoms with E-state index in [1.807, 2.05) is 16.7 Å². The number of nitrogens with zero attached hydrogens (tertiary/aromatic N) is 3. The minimum atomic E-state index is -0.454. The minimum absolute atomic E-state index is 0.0114.